The third-order valence-electron chi connectivity index (χ3n) is 1.92. The van der Waals surface area contributed by atoms with E-state index in [1.807, 2.05) is 6.92 Å². The van der Waals surface area contributed by atoms with E-state index in [9.17, 15) is 4.79 Å². The fourth-order valence-electron chi connectivity index (χ4n) is 1.18. The third-order valence-corrected chi connectivity index (χ3v) is 1.92. The van der Waals surface area contributed by atoms with Crippen LogP contribution in [0.15, 0.2) is 16.7 Å². The zero-order chi connectivity index (χ0) is 9.84. The van der Waals surface area contributed by atoms with Gasteiger partial charge in [-0.05, 0) is 11.6 Å². The summed E-state index contributed by atoms with van der Waals surface area (Å²) >= 11 is 0. The third kappa shape index (κ3) is 2.32. The van der Waals surface area contributed by atoms with Crippen molar-refractivity contribution in [2.45, 2.75) is 25.8 Å². The standard InChI is InChI=1S/C9H13NO3/c1-2-8-6(3-4-13-8)5-7(10)9(11)12/h3-4,7H,2,5,10H2,1H3,(H,11,12). The van der Waals surface area contributed by atoms with Crippen LogP contribution in [0, 0.1) is 0 Å². The minimum absolute atomic E-state index is 0.328. The van der Waals surface area contributed by atoms with E-state index < -0.39 is 12.0 Å². The number of carbonyl (C=O) groups is 1. The number of hydrogen-bond donors (Lipinski definition) is 2. The molecule has 0 aromatic carbocycles. The predicted octanol–water partition coefficient (Wildman–Crippen LogP) is 0.796. The average Bonchev–Trinajstić information content (AvgIpc) is 2.51. The monoisotopic (exact) mass is 183 g/mol. The van der Waals surface area contributed by atoms with Gasteiger partial charge in [-0.25, -0.2) is 0 Å². The SMILES string of the molecule is CCc1occc1CC(N)C(=O)O. The van der Waals surface area contributed by atoms with Crippen LogP contribution in [-0.2, 0) is 17.6 Å². The molecule has 0 radical (unpaired) electrons. The van der Waals surface area contributed by atoms with Crippen molar-refractivity contribution < 1.29 is 14.3 Å². The largest absolute Gasteiger partial charge is 0.480 e. The van der Waals surface area contributed by atoms with Gasteiger partial charge in [0.25, 0.3) is 0 Å². The molecule has 0 aliphatic heterocycles. The maximum absolute atomic E-state index is 10.5. The predicted molar refractivity (Wildman–Crippen MR) is 47.4 cm³/mol. The van der Waals surface area contributed by atoms with Gasteiger partial charge in [0, 0.05) is 12.8 Å². The zero-order valence-corrected chi connectivity index (χ0v) is 7.49. The molecule has 1 atom stereocenters. The fraction of sp³-hybridized carbons (Fsp3) is 0.444. The van der Waals surface area contributed by atoms with Crippen LogP contribution in [-0.4, -0.2) is 17.1 Å². The van der Waals surface area contributed by atoms with E-state index in [4.69, 9.17) is 15.3 Å². The molecule has 4 heteroatoms. The molecule has 0 bridgehead atoms. The molecule has 1 aromatic rings. The van der Waals surface area contributed by atoms with Crippen LogP contribution in [0.4, 0.5) is 0 Å². The molecule has 1 rings (SSSR count). The van der Waals surface area contributed by atoms with Crippen LogP contribution in [0.3, 0.4) is 0 Å². The zero-order valence-electron chi connectivity index (χ0n) is 7.49. The van der Waals surface area contributed by atoms with Crippen molar-refractivity contribution in [1.29, 1.82) is 0 Å². The Hall–Kier alpha value is -1.29. The summed E-state index contributed by atoms with van der Waals surface area (Å²) in [6.07, 6.45) is 2.65. The molecule has 4 nitrogen and oxygen atoms in total. The van der Waals surface area contributed by atoms with E-state index in [1.54, 1.807) is 12.3 Å². The first kappa shape index (κ1) is 9.80. The highest BCUT2D eigenvalue weighted by Gasteiger charge is 2.15. The number of hydrogen-bond acceptors (Lipinski definition) is 3. The molecule has 13 heavy (non-hydrogen) atoms. The molecule has 0 amide bonds. The Morgan fingerprint density at radius 3 is 3.00 bits per heavy atom. The first-order chi connectivity index (χ1) is 6.15. The normalized spacial score (nSPS) is 12.8. The van der Waals surface area contributed by atoms with Crippen LogP contribution in [0.25, 0.3) is 0 Å². The highest BCUT2D eigenvalue weighted by Crippen LogP contribution is 2.12. The number of furan rings is 1. The van der Waals surface area contributed by atoms with Crippen LogP contribution >= 0.6 is 0 Å². The Morgan fingerprint density at radius 2 is 2.46 bits per heavy atom. The van der Waals surface area contributed by atoms with E-state index >= 15 is 0 Å². The van der Waals surface area contributed by atoms with Crippen molar-refractivity contribution >= 4 is 5.97 Å². The molecule has 0 aliphatic carbocycles. The van der Waals surface area contributed by atoms with E-state index in [2.05, 4.69) is 0 Å². The number of rotatable bonds is 4. The second-order valence-electron chi connectivity index (χ2n) is 2.87. The van der Waals surface area contributed by atoms with Crippen molar-refractivity contribution in [3.8, 4) is 0 Å². The van der Waals surface area contributed by atoms with Crippen molar-refractivity contribution in [3.05, 3.63) is 23.7 Å². The minimum atomic E-state index is -0.983. The molecule has 1 aromatic heterocycles. The number of carboxylic acids is 1. The summed E-state index contributed by atoms with van der Waals surface area (Å²) in [4.78, 5) is 10.5. The van der Waals surface area contributed by atoms with Crippen molar-refractivity contribution in [2.75, 3.05) is 0 Å². The molecule has 0 saturated carbocycles. The maximum Gasteiger partial charge on any atom is 0.320 e. The summed E-state index contributed by atoms with van der Waals surface area (Å²) in [6, 6.07) is 0.921. The van der Waals surface area contributed by atoms with Gasteiger partial charge in [0.15, 0.2) is 0 Å². The number of carboxylic acid groups (broad SMARTS) is 1. The lowest BCUT2D eigenvalue weighted by Crippen LogP contribution is -2.32. The van der Waals surface area contributed by atoms with Gasteiger partial charge in [0.2, 0.25) is 0 Å². The molecule has 1 unspecified atom stereocenters. The van der Waals surface area contributed by atoms with Crippen LogP contribution in [0.1, 0.15) is 18.2 Å². The maximum atomic E-state index is 10.5. The highest BCUT2D eigenvalue weighted by molar-refractivity contribution is 5.73. The van der Waals surface area contributed by atoms with Gasteiger partial charge in [-0.3, -0.25) is 4.79 Å². The lowest BCUT2D eigenvalue weighted by Gasteiger charge is -2.04. The summed E-state index contributed by atoms with van der Waals surface area (Å²) in [5.74, 6) is -0.167. The van der Waals surface area contributed by atoms with Crippen LogP contribution in [0.2, 0.25) is 0 Å². The average molecular weight is 183 g/mol. The molecule has 1 heterocycles. The lowest BCUT2D eigenvalue weighted by molar-refractivity contribution is -0.138. The van der Waals surface area contributed by atoms with Gasteiger partial charge in [0.05, 0.1) is 6.26 Å². The molecule has 72 valence electrons. The molecular weight excluding hydrogens is 170 g/mol. The molecule has 0 spiro atoms. The fourth-order valence-corrected chi connectivity index (χ4v) is 1.18. The van der Waals surface area contributed by atoms with E-state index in [0.29, 0.717) is 6.42 Å². The summed E-state index contributed by atoms with van der Waals surface area (Å²) in [5, 5.41) is 8.59. The van der Waals surface area contributed by atoms with Gasteiger partial charge < -0.3 is 15.3 Å². The second kappa shape index (κ2) is 4.09. The molecule has 0 fully saturated rings. The second-order valence-corrected chi connectivity index (χ2v) is 2.87. The van der Waals surface area contributed by atoms with E-state index in [0.717, 1.165) is 17.7 Å². The summed E-state index contributed by atoms with van der Waals surface area (Å²) in [5.41, 5.74) is 6.28. The van der Waals surface area contributed by atoms with Crippen molar-refractivity contribution in [1.82, 2.24) is 0 Å². The molecule has 0 aliphatic rings. The Morgan fingerprint density at radius 1 is 1.77 bits per heavy atom. The minimum Gasteiger partial charge on any atom is -0.480 e. The van der Waals surface area contributed by atoms with Crippen molar-refractivity contribution in [3.63, 3.8) is 0 Å². The van der Waals surface area contributed by atoms with E-state index in [-0.39, 0.29) is 0 Å². The van der Waals surface area contributed by atoms with Gasteiger partial charge in [-0.1, -0.05) is 6.92 Å². The molecule has 3 N–H and O–H groups in total. The molecular formula is C9H13NO3. The first-order valence-corrected chi connectivity index (χ1v) is 4.18. The van der Waals surface area contributed by atoms with Crippen LogP contribution < -0.4 is 5.73 Å². The first-order valence-electron chi connectivity index (χ1n) is 4.18. The quantitative estimate of drug-likeness (QED) is 0.723. The Balaban J connectivity index is 2.68. The summed E-state index contributed by atoms with van der Waals surface area (Å²) in [7, 11) is 0. The Kier molecular flexibility index (Phi) is 3.08. The summed E-state index contributed by atoms with van der Waals surface area (Å²) < 4.78 is 5.15. The smallest absolute Gasteiger partial charge is 0.320 e. The van der Waals surface area contributed by atoms with E-state index in [1.165, 1.54) is 0 Å². The number of aliphatic carboxylic acids is 1. The highest BCUT2D eigenvalue weighted by atomic mass is 16.4. The Bertz CT molecular complexity index is 293. The topological polar surface area (TPSA) is 76.5 Å². The Labute approximate surface area is 76.3 Å². The summed E-state index contributed by atoms with van der Waals surface area (Å²) in [6.45, 7) is 1.95. The number of aryl methyl sites for hydroxylation is 1. The van der Waals surface area contributed by atoms with Gasteiger partial charge in [0.1, 0.15) is 11.8 Å². The van der Waals surface area contributed by atoms with Gasteiger partial charge in [-0.15, -0.1) is 0 Å². The lowest BCUT2D eigenvalue weighted by atomic mass is 10.1. The van der Waals surface area contributed by atoms with Crippen LogP contribution in [0.5, 0.6) is 0 Å². The van der Waals surface area contributed by atoms with Gasteiger partial charge >= 0.3 is 5.97 Å². The van der Waals surface area contributed by atoms with Gasteiger partial charge in [-0.2, -0.15) is 0 Å². The number of nitrogens with two attached hydrogens (primary N) is 1. The van der Waals surface area contributed by atoms with Crippen molar-refractivity contribution in [2.24, 2.45) is 5.73 Å². The molecule has 0 saturated heterocycles.